The summed E-state index contributed by atoms with van der Waals surface area (Å²) in [7, 11) is 0. The molecule has 0 radical (unpaired) electrons. The Morgan fingerprint density at radius 3 is 1.98 bits per heavy atom. The molecule has 6 nitrogen and oxygen atoms in total. The van der Waals surface area contributed by atoms with Crippen molar-refractivity contribution in [2.24, 2.45) is 5.92 Å². The fourth-order valence-electron chi connectivity index (χ4n) is 6.80. The number of ketones is 2. The van der Waals surface area contributed by atoms with Crippen molar-refractivity contribution in [2.75, 3.05) is 0 Å². The molecule has 3 aromatic rings. The van der Waals surface area contributed by atoms with Crippen LogP contribution < -0.4 is 0 Å². The van der Waals surface area contributed by atoms with Crippen molar-refractivity contribution in [2.45, 2.75) is 90.4 Å². The van der Waals surface area contributed by atoms with Crippen molar-refractivity contribution in [1.29, 1.82) is 5.41 Å². The van der Waals surface area contributed by atoms with Gasteiger partial charge < -0.3 is 14.9 Å². The van der Waals surface area contributed by atoms with E-state index in [0.717, 1.165) is 56.6 Å². The third-order valence-corrected chi connectivity index (χ3v) is 8.51. The Morgan fingerprint density at radius 2 is 1.44 bits per heavy atom. The number of carboxylic acid groups (broad SMARTS) is 1. The maximum Gasteiger partial charge on any atom is 0.300 e. The fourth-order valence-corrected chi connectivity index (χ4v) is 6.80. The van der Waals surface area contributed by atoms with Crippen molar-refractivity contribution in [3.63, 3.8) is 0 Å². The zero-order valence-electron chi connectivity index (χ0n) is 24.4. The molecule has 6 heteroatoms. The summed E-state index contributed by atoms with van der Waals surface area (Å²) in [5.41, 5.74) is 6.49. The van der Waals surface area contributed by atoms with E-state index in [1.54, 1.807) is 6.07 Å². The van der Waals surface area contributed by atoms with E-state index in [9.17, 15) is 9.59 Å². The standard InChI is InChI=1S/C33H37NO3.C2H4O2/c1-3-15-33(16-4-2)28-19-23(31(35)25-14-17-37-21-25)10-12-26(28)27-13-11-24(20-29(27)33)32(36)30(34)18-22-8-6-5-7-9-22;1-2(3)4/h10-14,17,19-22,34H,3-9,15-16,18H2,1-2H3;1H3,(H,3,4). The van der Waals surface area contributed by atoms with Gasteiger partial charge in [-0.3, -0.25) is 14.4 Å². The predicted molar refractivity (Wildman–Crippen MR) is 161 cm³/mol. The number of carbonyl (C=O) groups is 3. The molecule has 5 rings (SSSR count). The Hall–Kier alpha value is -3.80. The van der Waals surface area contributed by atoms with E-state index < -0.39 is 5.97 Å². The highest BCUT2D eigenvalue weighted by atomic mass is 16.4. The highest BCUT2D eigenvalue weighted by Crippen LogP contribution is 2.54. The number of fused-ring (bicyclic) bond motifs is 3. The largest absolute Gasteiger partial charge is 0.481 e. The molecule has 2 aliphatic rings. The molecule has 216 valence electrons. The number of furan rings is 1. The van der Waals surface area contributed by atoms with Crippen LogP contribution in [-0.4, -0.2) is 28.4 Å². The molecule has 0 unspecified atom stereocenters. The third-order valence-electron chi connectivity index (χ3n) is 8.51. The maximum atomic E-state index is 13.4. The van der Waals surface area contributed by atoms with Gasteiger partial charge in [-0.25, -0.2) is 0 Å². The number of Topliss-reactive ketones (excluding diaryl/α,β-unsaturated/α-hetero) is 1. The second kappa shape index (κ2) is 13.2. The van der Waals surface area contributed by atoms with E-state index >= 15 is 0 Å². The summed E-state index contributed by atoms with van der Waals surface area (Å²) < 4.78 is 5.15. The van der Waals surface area contributed by atoms with E-state index in [-0.39, 0.29) is 22.7 Å². The lowest BCUT2D eigenvalue weighted by Crippen LogP contribution is -2.26. The second-order valence-electron chi connectivity index (χ2n) is 11.5. The number of aliphatic carboxylic acids is 1. The molecule has 0 aliphatic heterocycles. The van der Waals surface area contributed by atoms with Crippen LogP contribution in [0, 0.1) is 11.3 Å². The topological polar surface area (TPSA) is 108 Å². The fraction of sp³-hybridized carbons (Fsp3) is 0.429. The summed E-state index contributed by atoms with van der Waals surface area (Å²) in [5, 5.41) is 16.0. The summed E-state index contributed by atoms with van der Waals surface area (Å²) in [6, 6.07) is 13.8. The first-order valence-corrected chi connectivity index (χ1v) is 14.9. The summed E-state index contributed by atoms with van der Waals surface area (Å²) in [6.45, 7) is 5.48. The minimum absolute atomic E-state index is 0.0403. The zero-order valence-corrected chi connectivity index (χ0v) is 24.4. The SMILES string of the molecule is CC(=O)O.CCCC1(CCC)c2cc(C(=O)C(=N)CC3CCCCC3)ccc2-c2ccc(C(=O)c3ccoc3)cc21. The number of benzene rings is 2. The lowest BCUT2D eigenvalue weighted by atomic mass is 9.71. The second-order valence-corrected chi connectivity index (χ2v) is 11.5. The van der Waals surface area contributed by atoms with Crippen LogP contribution in [0.3, 0.4) is 0 Å². The van der Waals surface area contributed by atoms with Crippen molar-refractivity contribution in [3.8, 4) is 11.1 Å². The Bertz CT molecular complexity index is 1400. The van der Waals surface area contributed by atoms with Crippen LogP contribution in [-0.2, 0) is 10.2 Å². The molecule has 0 amide bonds. The molecule has 1 aromatic heterocycles. The monoisotopic (exact) mass is 555 g/mol. The first kappa shape index (κ1) is 30.2. The number of carboxylic acids is 1. The van der Waals surface area contributed by atoms with Crippen molar-refractivity contribution >= 4 is 23.2 Å². The highest BCUT2D eigenvalue weighted by Gasteiger charge is 2.42. The molecular weight excluding hydrogens is 514 g/mol. The van der Waals surface area contributed by atoms with E-state index in [0.29, 0.717) is 29.0 Å². The average Bonchev–Trinajstić information content (AvgIpc) is 3.59. The van der Waals surface area contributed by atoms with Crippen molar-refractivity contribution in [3.05, 3.63) is 82.8 Å². The first-order chi connectivity index (χ1) is 19.7. The summed E-state index contributed by atoms with van der Waals surface area (Å²) in [5.74, 6) is -0.544. The van der Waals surface area contributed by atoms with Crippen LogP contribution >= 0.6 is 0 Å². The zero-order chi connectivity index (χ0) is 29.6. The van der Waals surface area contributed by atoms with Gasteiger partial charge in [-0.15, -0.1) is 0 Å². The minimum atomic E-state index is -0.833. The van der Waals surface area contributed by atoms with Gasteiger partial charge in [-0.05, 0) is 65.6 Å². The molecule has 1 heterocycles. The van der Waals surface area contributed by atoms with Gasteiger partial charge in [0.1, 0.15) is 6.26 Å². The normalized spacial score (nSPS) is 15.3. The summed E-state index contributed by atoms with van der Waals surface area (Å²) in [6.07, 6.45) is 13.5. The quantitative estimate of drug-likeness (QED) is 0.192. The van der Waals surface area contributed by atoms with E-state index in [1.807, 2.05) is 12.1 Å². The number of nitrogens with one attached hydrogen (secondary N) is 1. The highest BCUT2D eigenvalue weighted by molar-refractivity contribution is 6.45. The van der Waals surface area contributed by atoms with Crippen LogP contribution in [0.2, 0.25) is 0 Å². The van der Waals surface area contributed by atoms with Gasteiger partial charge >= 0.3 is 0 Å². The van der Waals surface area contributed by atoms with Gasteiger partial charge in [-0.2, -0.15) is 0 Å². The molecule has 0 saturated heterocycles. The average molecular weight is 556 g/mol. The van der Waals surface area contributed by atoms with Gasteiger partial charge in [0, 0.05) is 23.5 Å². The van der Waals surface area contributed by atoms with Gasteiger partial charge in [0.05, 0.1) is 17.5 Å². The first-order valence-electron chi connectivity index (χ1n) is 14.9. The molecule has 1 saturated carbocycles. The lowest BCUT2D eigenvalue weighted by Gasteiger charge is -2.32. The van der Waals surface area contributed by atoms with E-state index in [4.69, 9.17) is 19.7 Å². The maximum absolute atomic E-state index is 13.4. The molecule has 41 heavy (non-hydrogen) atoms. The summed E-state index contributed by atoms with van der Waals surface area (Å²) >= 11 is 0. The molecule has 2 aromatic carbocycles. The van der Waals surface area contributed by atoms with Crippen LogP contribution in [0.5, 0.6) is 0 Å². The van der Waals surface area contributed by atoms with Crippen LogP contribution in [0.25, 0.3) is 11.1 Å². The van der Waals surface area contributed by atoms with Gasteiger partial charge in [0.2, 0.25) is 5.78 Å². The van der Waals surface area contributed by atoms with Crippen LogP contribution in [0.1, 0.15) is 122 Å². The number of hydrogen-bond acceptors (Lipinski definition) is 5. The minimum Gasteiger partial charge on any atom is -0.481 e. The van der Waals surface area contributed by atoms with E-state index in [2.05, 4.69) is 38.1 Å². The Balaban J connectivity index is 0.000000909. The Labute approximate surface area is 242 Å². The lowest BCUT2D eigenvalue weighted by molar-refractivity contribution is -0.134. The molecule has 1 fully saturated rings. The molecule has 0 spiro atoms. The van der Waals surface area contributed by atoms with Gasteiger partial charge in [0.25, 0.3) is 5.97 Å². The Kier molecular flexibility index (Phi) is 9.74. The van der Waals surface area contributed by atoms with Crippen LogP contribution in [0.15, 0.2) is 59.4 Å². The predicted octanol–water partition coefficient (Wildman–Crippen LogP) is 8.64. The summed E-state index contributed by atoms with van der Waals surface area (Å²) in [4.78, 5) is 35.6. The number of rotatable bonds is 10. The molecule has 0 atom stereocenters. The molecule has 2 aliphatic carbocycles. The van der Waals surface area contributed by atoms with Crippen molar-refractivity contribution in [1.82, 2.24) is 0 Å². The van der Waals surface area contributed by atoms with Crippen molar-refractivity contribution < 1.29 is 23.9 Å². The molecular formula is C35H41NO5. The van der Waals surface area contributed by atoms with Gasteiger partial charge in [0.15, 0.2) is 5.78 Å². The third kappa shape index (κ3) is 6.42. The van der Waals surface area contributed by atoms with Crippen LogP contribution in [0.4, 0.5) is 0 Å². The smallest absolute Gasteiger partial charge is 0.300 e. The number of carbonyl (C=O) groups excluding carboxylic acids is 2. The van der Waals surface area contributed by atoms with Gasteiger partial charge in [-0.1, -0.05) is 83.1 Å². The molecule has 2 N–H and O–H groups in total. The number of hydrogen-bond donors (Lipinski definition) is 2. The van der Waals surface area contributed by atoms with E-state index in [1.165, 1.54) is 42.9 Å². The molecule has 0 bridgehead atoms. The Morgan fingerprint density at radius 1 is 0.878 bits per heavy atom.